The molecule has 0 fully saturated rings. The molecule has 0 saturated heterocycles. The molecule has 0 heterocycles. The predicted molar refractivity (Wildman–Crippen MR) is 71.6 cm³/mol. The van der Waals surface area contributed by atoms with Crippen molar-refractivity contribution in [3.8, 4) is 11.5 Å². The molecule has 0 radical (unpaired) electrons. The summed E-state index contributed by atoms with van der Waals surface area (Å²) in [6, 6.07) is 9.33. The van der Waals surface area contributed by atoms with E-state index < -0.39 is 11.6 Å². The van der Waals surface area contributed by atoms with Gasteiger partial charge in [-0.25, -0.2) is 8.78 Å². The van der Waals surface area contributed by atoms with E-state index in [1.807, 2.05) is 18.2 Å². The Kier molecular flexibility index (Phi) is 4.15. The summed E-state index contributed by atoms with van der Waals surface area (Å²) in [5.41, 5.74) is 2.49. The van der Waals surface area contributed by atoms with E-state index in [0.29, 0.717) is 11.5 Å². The zero-order valence-corrected chi connectivity index (χ0v) is 11.0. The first kappa shape index (κ1) is 13.5. The second-order valence-electron chi connectivity index (χ2n) is 4.32. The summed E-state index contributed by atoms with van der Waals surface area (Å²) >= 11 is 0. The Morgan fingerprint density at radius 1 is 0.789 bits per heavy atom. The standard InChI is InChI=1S/C16H16F2O/c1-3-11-5-6-13(9-12(11)4-2)19-14-7-8-15(17)16(18)10-14/h5-10H,3-4H2,1-2H3. The first-order chi connectivity index (χ1) is 9.13. The number of aryl methyl sites for hydroxylation is 2. The number of benzene rings is 2. The molecule has 0 saturated carbocycles. The van der Waals surface area contributed by atoms with Crippen molar-refractivity contribution in [2.45, 2.75) is 26.7 Å². The molecular weight excluding hydrogens is 246 g/mol. The molecule has 19 heavy (non-hydrogen) atoms. The van der Waals surface area contributed by atoms with E-state index in [4.69, 9.17) is 4.74 Å². The van der Waals surface area contributed by atoms with Gasteiger partial charge in [-0.05, 0) is 48.2 Å². The molecule has 0 N–H and O–H groups in total. The Hall–Kier alpha value is -1.90. The summed E-state index contributed by atoms with van der Waals surface area (Å²) in [6.07, 6.45) is 1.88. The van der Waals surface area contributed by atoms with Crippen LogP contribution in [0.4, 0.5) is 8.78 Å². The quantitative estimate of drug-likeness (QED) is 0.762. The fourth-order valence-corrected chi connectivity index (χ4v) is 2.02. The molecule has 3 heteroatoms. The Bertz CT molecular complexity index is 579. The van der Waals surface area contributed by atoms with Crippen LogP contribution in [0.25, 0.3) is 0 Å². The lowest BCUT2D eigenvalue weighted by Gasteiger charge is -2.10. The lowest BCUT2D eigenvalue weighted by atomic mass is 10.0. The van der Waals surface area contributed by atoms with E-state index >= 15 is 0 Å². The van der Waals surface area contributed by atoms with Crippen molar-refractivity contribution in [3.05, 3.63) is 59.2 Å². The fraction of sp³-hybridized carbons (Fsp3) is 0.250. The zero-order valence-electron chi connectivity index (χ0n) is 11.0. The normalized spacial score (nSPS) is 10.5. The van der Waals surface area contributed by atoms with Crippen molar-refractivity contribution in [3.63, 3.8) is 0 Å². The third-order valence-corrected chi connectivity index (χ3v) is 3.07. The minimum Gasteiger partial charge on any atom is -0.457 e. The Morgan fingerprint density at radius 2 is 1.42 bits per heavy atom. The van der Waals surface area contributed by atoms with Gasteiger partial charge in [0.05, 0.1) is 0 Å². The molecule has 0 aliphatic rings. The lowest BCUT2D eigenvalue weighted by Crippen LogP contribution is -1.93. The van der Waals surface area contributed by atoms with Crippen molar-refractivity contribution in [1.82, 2.24) is 0 Å². The number of hydrogen-bond donors (Lipinski definition) is 0. The highest BCUT2D eigenvalue weighted by Gasteiger charge is 2.06. The van der Waals surface area contributed by atoms with Crippen molar-refractivity contribution in [2.24, 2.45) is 0 Å². The van der Waals surface area contributed by atoms with Gasteiger partial charge < -0.3 is 4.74 Å². The summed E-state index contributed by atoms with van der Waals surface area (Å²) < 4.78 is 31.5. The van der Waals surface area contributed by atoms with Crippen LogP contribution in [-0.2, 0) is 12.8 Å². The molecule has 0 aliphatic carbocycles. The van der Waals surface area contributed by atoms with Crippen LogP contribution in [0.1, 0.15) is 25.0 Å². The van der Waals surface area contributed by atoms with Crippen molar-refractivity contribution >= 4 is 0 Å². The number of halogens is 2. The minimum atomic E-state index is -0.904. The molecule has 0 unspecified atom stereocenters. The van der Waals surface area contributed by atoms with E-state index in [2.05, 4.69) is 13.8 Å². The van der Waals surface area contributed by atoms with Crippen molar-refractivity contribution in [1.29, 1.82) is 0 Å². The van der Waals surface area contributed by atoms with E-state index in [-0.39, 0.29) is 0 Å². The van der Waals surface area contributed by atoms with E-state index in [9.17, 15) is 8.78 Å². The van der Waals surface area contributed by atoms with Gasteiger partial charge in [0.2, 0.25) is 0 Å². The smallest absolute Gasteiger partial charge is 0.162 e. The van der Waals surface area contributed by atoms with Gasteiger partial charge >= 0.3 is 0 Å². The van der Waals surface area contributed by atoms with Crippen LogP contribution in [-0.4, -0.2) is 0 Å². The summed E-state index contributed by atoms with van der Waals surface area (Å²) in [4.78, 5) is 0. The van der Waals surface area contributed by atoms with Crippen LogP contribution in [0.3, 0.4) is 0 Å². The van der Waals surface area contributed by atoms with Gasteiger partial charge in [0, 0.05) is 6.07 Å². The van der Waals surface area contributed by atoms with Gasteiger partial charge in [-0.3, -0.25) is 0 Å². The van der Waals surface area contributed by atoms with Gasteiger partial charge in [-0.15, -0.1) is 0 Å². The Balaban J connectivity index is 2.25. The third kappa shape index (κ3) is 3.11. The third-order valence-electron chi connectivity index (χ3n) is 3.07. The summed E-state index contributed by atoms with van der Waals surface area (Å²) in [5.74, 6) is -0.841. The molecule has 0 aromatic heterocycles. The van der Waals surface area contributed by atoms with Crippen LogP contribution >= 0.6 is 0 Å². The average molecular weight is 262 g/mol. The topological polar surface area (TPSA) is 9.23 Å². The van der Waals surface area contributed by atoms with E-state index in [1.165, 1.54) is 17.2 Å². The number of hydrogen-bond acceptors (Lipinski definition) is 1. The average Bonchev–Trinajstić information content (AvgIpc) is 2.43. The van der Waals surface area contributed by atoms with Gasteiger partial charge in [0.25, 0.3) is 0 Å². The van der Waals surface area contributed by atoms with E-state index in [0.717, 1.165) is 25.0 Å². The maximum atomic E-state index is 13.1. The first-order valence-corrected chi connectivity index (χ1v) is 6.38. The Labute approximate surface area is 111 Å². The van der Waals surface area contributed by atoms with Crippen molar-refractivity contribution < 1.29 is 13.5 Å². The largest absolute Gasteiger partial charge is 0.457 e. The van der Waals surface area contributed by atoms with Gasteiger partial charge in [0.15, 0.2) is 11.6 Å². The fourth-order valence-electron chi connectivity index (χ4n) is 2.02. The highest BCUT2D eigenvalue weighted by Crippen LogP contribution is 2.25. The molecule has 2 aromatic rings. The molecule has 0 spiro atoms. The number of rotatable bonds is 4. The van der Waals surface area contributed by atoms with Crippen LogP contribution in [0.2, 0.25) is 0 Å². The molecule has 0 bridgehead atoms. The number of ether oxygens (including phenoxy) is 1. The molecular formula is C16H16F2O. The van der Waals surface area contributed by atoms with E-state index in [1.54, 1.807) is 0 Å². The molecule has 1 nitrogen and oxygen atoms in total. The lowest BCUT2D eigenvalue weighted by molar-refractivity contribution is 0.461. The summed E-state index contributed by atoms with van der Waals surface area (Å²) in [7, 11) is 0. The van der Waals surface area contributed by atoms with Crippen LogP contribution in [0.5, 0.6) is 11.5 Å². The maximum Gasteiger partial charge on any atom is 0.162 e. The van der Waals surface area contributed by atoms with Crippen LogP contribution in [0.15, 0.2) is 36.4 Å². The molecule has 0 atom stereocenters. The SMILES string of the molecule is CCc1ccc(Oc2ccc(F)c(F)c2)cc1CC. The summed E-state index contributed by atoms with van der Waals surface area (Å²) in [5, 5.41) is 0. The maximum absolute atomic E-state index is 13.1. The second-order valence-corrected chi connectivity index (χ2v) is 4.32. The summed E-state index contributed by atoms with van der Waals surface area (Å²) in [6.45, 7) is 4.18. The van der Waals surface area contributed by atoms with Gasteiger partial charge in [0.1, 0.15) is 11.5 Å². The highest BCUT2D eigenvalue weighted by molar-refractivity contribution is 5.38. The van der Waals surface area contributed by atoms with Crippen molar-refractivity contribution in [2.75, 3.05) is 0 Å². The first-order valence-electron chi connectivity index (χ1n) is 6.38. The van der Waals surface area contributed by atoms with Gasteiger partial charge in [-0.1, -0.05) is 19.9 Å². The zero-order chi connectivity index (χ0) is 13.8. The molecule has 0 aliphatic heterocycles. The molecule has 2 aromatic carbocycles. The predicted octanol–water partition coefficient (Wildman–Crippen LogP) is 4.88. The molecule has 0 amide bonds. The Morgan fingerprint density at radius 3 is 2.05 bits per heavy atom. The van der Waals surface area contributed by atoms with Crippen LogP contribution in [0, 0.1) is 11.6 Å². The molecule has 2 rings (SSSR count). The minimum absolute atomic E-state index is 0.296. The highest BCUT2D eigenvalue weighted by atomic mass is 19.2. The monoisotopic (exact) mass is 262 g/mol. The molecule has 100 valence electrons. The van der Waals surface area contributed by atoms with Gasteiger partial charge in [-0.2, -0.15) is 0 Å². The second kappa shape index (κ2) is 5.83. The van der Waals surface area contributed by atoms with Crippen LogP contribution < -0.4 is 4.74 Å².